The quantitative estimate of drug-likeness (QED) is 0.734. The lowest BCUT2D eigenvalue weighted by atomic mass is 9.78. The first-order chi connectivity index (χ1) is 12.9. The first-order valence-electron chi connectivity index (χ1n) is 9.18. The van der Waals surface area contributed by atoms with Gasteiger partial charge in [0.05, 0.1) is 21.3 Å². The highest BCUT2D eigenvalue weighted by molar-refractivity contribution is 5.95. The van der Waals surface area contributed by atoms with Gasteiger partial charge in [0.15, 0.2) is 18.1 Å². The van der Waals surface area contributed by atoms with Crippen molar-refractivity contribution in [1.29, 1.82) is 0 Å². The molecule has 1 saturated carbocycles. The fourth-order valence-electron chi connectivity index (χ4n) is 3.51. The van der Waals surface area contributed by atoms with Gasteiger partial charge >= 0.3 is 5.97 Å². The lowest BCUT2D eigenvalue weighted by Gasteiger charge is -2.34. The van der Waals surface area contributed by atoms with E-state index < -0.39 is 5.97 Å². The summed E-state index contributed by atoms with van der Waals surface area (Å²) < 4.78 is 20.9. The monoisotopic (exact) mass is 379 g/mol. The summed E-state index contributed by atoms with van der Waals surface area (Å²) in [4.78, 5) is 24.6. The van der Waals surface area contributed by atoms with Crippen LogP contribution in [0.4, 0.5) is 0 Å². The van der Waals surface area contributed by atoms with Crippen molar-refractivity contribution in [2.24, 2.45) is 11.8 Å². The van der Waals surface area contributed by atoms with Crippen molar-refractivity contribution < 1.29 is 28.5 Å². The largest absolute Gasteiger partial charge is 0.493 e. The number of benzene rings is 1. The Morgan fingerprint density at radius 3 is 2.37 bits per heavy atom. The molecule has 0 spiro atoms. The van der Waals surface area contributed by atoms with E-state index in [4.69, 9.17) is 18.9 Å². The van der Waals surface area contributed by atoms with Gasteiger partial charge in [0.1, 0.15) is 5.56 Å². The van der Waals surface area contributed by atoms with Gasteiger partial charge in [0.2, 0.25) is 5.75 Å². The maximum atomic E-state index is 12.4. The minimum Gasteiger partial charge on any atom is -0.493 e. The maximum absolute atomic E-state index is 12.4. The van der Waals surface area contributed by atoms with Crippen LogP contribution in [0.3, 0.4) is 0 Å². The number of amides is 1. The predicted molar refractivity (Wildman–Crippen MR) is 100 cm³/mol. The van der Waals surface area contributed by atoms with E-state index in [0.717, 1.165) is 12.8 Å². The van der Waals surface area contributed by atoms with Crippen molar-refractivity contribution in [3.63, 3.8) is 0 Å². The summed E-state index contributed by atoms with van der Waals surface area (Å²) in [6.07, 6.45) is 3.23. The van der Waals surface area contributed by atoms with Crippen LogP contribution in [-0.2, 0) is 9.53 Å². The van der Waals surface area contributed by atoms with Crippen LogP contribution in [0.1, 0.15) is 43.5 Å². The van der Waals surface area contributed by atoms with Gasteiger partial charge in [-0.05, 0) is 30.4 Å². The van der Waals surface area contributed by atoms with E-state index in [-0.39, 0.29) is 29.9 Å². The molecular weight excluding hydrogens is 350 g/mol. The third kappa shape index (κ3) is 4.84. The molecule has 3 atom stereocenters. The van der Waals surface area contributed by atoms with E-state index in [2.05, 4.69) is 19.2 Å². The molecule has 7 nitrogen and oxygen atoms in total. The van der Waals surface area contributed by atoms with E-state index in [9.17, 15) is 9.59 Å². The van der Waals surface area contributed by atoms with E-state index in [0.29, 0.717) is 23.3 Å². The molecule has 0 heterocycles. The molecule has 0 aromatic heterocycles. The summed E-state index contributed by atoms with van der Waals surface area (Å²) in [7, 11) is 4.37. The number of hydrogen-bond donors (Lipinski definition) is 1. The molecule has 1 N–H and O–H groups in total. The van der Waals surface area contributed by atoms with Crippen LogP contribution >= 0.6 is 0 Å². The van der Waals surface area contributed by atoms with Crippen LogP contribution in [0.2, 0.25) is 0 Å². The summed E-state index contributed by atoms with van der Waals surface area (Å²) in [6.45, 7) is 4.01. The standard InChI is InChI=1S/C20H29NO6/c1-12-7-6-8-15(13(12)2)21-17(22)11-27-20(23)14-9-10-16(24-3)19(26-5)18(14)25-4/h9-10,12-13,15H,6-8,11H2,1-5H3,(H,21,22). The first-order valence-corrected chi connectivity index (χ1v) is 9.18. The second-order valence-electron chi connectivity index (χ2n) is 6.90. The molecule has 3 unspecified atom stereocenters. The Morgan fingerprint density at radius 1 is 1.04 bits per heavy atom. The fraction of sp³-hybridized carbons (Fsp3) is 0.600. The molecule has 1 fully saturated rings. The van der Waals surface area contributed by atoms with Crippen LogP contribution in [0, 0.1) is 11.8 Å². The van der Waals surface area contributed by atoms with Crippen molar-refractivity contribution in [3.05, 3.63) is 17.7 Å². The lowest BCUT2D eigenvalue weighted by molar-refractivity contribution is -0.125. The summed E-state index contributed by atoms with van der Waals surface area (Å²) in [5.74, 6) is 0.957. The highest BCUT2D eigenvalue weighted by Gasteiger charge is 2.28. The van der Waals surface area contributed by atoms with Crippen LogP contribution in [0.15, 0.2) is 12.1 Å². The molecule has 27 heavy (non-hydrogen) atoms. The van der Waals surface area contributed by atoms with Crippen molar-refractivity contribution in [2.45, 2.75) is 39.2 Å². The number of ether oxygens (including phenoxy) is 4. The lowest BCUT2D eigenvalue weighted by Crippen LogP contribution is -2.45. The molecule has 1 aromatic rings. The fourth-order valence-corrected chi connectivity index (χ4v) is 3.51. The van der Waals surface area contributed by atoms with Gasteiger partial charge in [-0.3, -0.25) is 4.79 Å². The second-order valence-corrected chi connectivity index (χ2v) is 6.90. The summed E-state index contributed by atoms with van der Waals surface area (Å²) >= 11 is 0. The minimum atomic E-state index is -0.659. The third-order valence-electron chi connectivity index (χ3n) is 5.31. The molecule has 1 aromatic carbocycles. The maximum Gasteiger partial charge on any atom is 0.342 e. The number of rotatable bonds is 7. The van der Waals surface area contributed by atoms with Gasteiger partial charge in [0.25, 0.3) is 5.91 Å². The topological polar surface area (TPSA) is 83.1 Å². The first kappa shape index (κ1) is 20.9. The van der Waals surface area contributed by atoms with Crippen molar-refractivity contribution in [1.82, 2.24) is 5.32 Å². The number of hydrogen-bond acceptors (Lipinski definition) is 6. The highest BCUT2D eigenvalue weighted by atomic mass is 16.5. The van der Waals surface area contributed by atoms with Crippen molar-refractivity contribution in [3.8, 4) is 17.2 Å². The van der Waals surface area contributed by atoms with Crippen LogP contribution in [-0.4, -0.2) is 45.9 Å². The normalized spacial score (nSPS) is 21.9. The molecule has 7 heteroatoms. The molecule has 0 bridgehead atoms. The zero-order valence-electron chi connectivity index (χ0n) is 16.7. The third-order valence-corrected chi connectivity index (χ3v) is 5.31. The molecule has 150 valence electrons. The van der Waals surface area contributed by atoms with Gasteiger partial charge in [-0.15, -0.1) is 0 Å². The number of carbonyl (C=O) groups excluding carboxylic acids is 2. The van der Waals surface area contributed by atoms with Crippen LogP contribution in [0.5, 0.6) is 17.2 Å². The Kier molecular flexibility index (Phi) is 7.33. The van der Waals surface area contributed by atoms with Crippen LogP contribution in [0.25, 0.3) is 0 Å². The second kappa shape index (κ2) is 9.48. The molecule has 2 rings (SSSR count). The summed E-state index contributed by atoms with van der Waals surface area (Å²) in [6, 6.07) is 3.23. The Bertz CT molecular complexity index is 675. The zero-order valence-corrected chi connectivity index (χ0v) is 16.7. The van der Waals surface area contributed by atoms with E-state index in [1.807, 2.05) is 0 Å². The predicted octanol–water partition coefficient (Wildman–Crippen LogP) is 2.81. The van der Waals surface area contributed by atoms with E-state index >= 15 is 0 Å². The Morgan fingerprint density at radius 2 is 1.74 bits per heavy atom. The Labute approximate surface area is 160 Å². The van der Waals surface area contributed by atoms with E-state index in [1.165, 1.54) is 33.8 Å². The highest BCUT2D eigenvalue weighted by Crippen LogP contribution is 2.40. The number of methoxy groups -OCH3 is 3. The van der Waals surface area contributed by atoms with Gasteiger partial charge in [-0.1, -0.05) is 26.7 Å². The van der Waals surface area contributed by atoms with Crippen LogP contribution < -0.4 is 19.5 Å². The van der Waals surface area contributed by atoms with Crippen molar-refractivity contribution >= 4 is 11.9 Å². The van der Waals surface area contributed by atoms with Crippen molar-refractivity contribution in [2.75, 3.05) is 27.9 Å². The average Bonchev–Trinajstić information content (AvgIpc) is 2.68. The Hall–Kier alpha value is -2.44. The van der Waals surface area contributed by atoms with Gasteiger partial charge in [-0.25, -0.2) is 4.79 Å². The number of nitrogens with one attached hydrogen (secondary N) is 1. The summed E-state index contributed by atoms with van der Waals surface area (Å²) in [5, 5.41) is 2.98. The van der Waals surface area contributed by atoms with Gasteiger partial charge < -0.3 is 24.3 Å². The molecular formula is C20H29NO6. The summed E-state index contributed by atoms with van der Waals surface area (Å²) in [5.41, 5.74) is 0.169. The minimum absolute atomic E-state index is 0.121. The molecule has 0 saturated heterocycles. The number of esters is 1. The zero-order chi connectivity index (χ0) is 20.0. The SMILES string of the molecule is COc1ccc(C(=O)OCC(=O)NC2CCCC(C)C2C)c(OC)c1OC. The smallest absolute Gasteiger partial charge is 0.342 e. The van der Waals surface area contributed by atoms with Gasteiger partial charge in [-0.2, -0.15) is 0 Å². The van der Waals surface area contributed by atoms with Gasteiger partial charge in [0, 0.05) is 6.04 Å². The number of carbonyl (C=O) groups is 2. The Balaban J connectivity index is 2.00. The molecule has 1 amide bonds. The molecule has 1 aliphatic rings. The molecule has 0 aliphatic heterocycles. The molecule has 0 radical (unpaired) electrons. The molecule has 1 aliphatic carbocycles. The average molecular weight is 379 g/mol. The van der Waals surface area contributed by atoms with E-state index in [1.54, 1.807) is 6.07 Å².